The minimum atomic E-state index is 0.822. The zero-order chi connectivity index (χ0) is 11.6. The lowest BCUT2D eigenvalue weighted by Crippen LogP contribution is -2.28. The number of rotatable bonds is 8. The average Bonchev–Trinajstić information content (AvgIpc) is 2.35. The van der Waals surface area contributed by atoms with Crippen LogP contribution in [0.1, 0.15) is 26.7 Å². The van der Waals surface area contributed by atoms with Crippen molar-refractivity contribution in [3.05, 3.63) is 11.6 Å². The van der Waals surface area contributed by atoms with Crippen molar-refractivity contribution in [2.75, 3.05) is 45.9 Å². The maximum Gasteiger partial charge on any atom is 0.0689 e. The number of ether oxygens (including phenoxy) is 1. The van der Waals surface area contributed by atoms with E-state index in [2.05, 4.69) is 30.1 Å². The van der Waals surface area contributed by atoms with Gasteiger partial charge in [-0.1, -0.05) is 19.9 Å². The second kappa shape index (κ2) is 8.74. The van der Waals surface area contributed by atoms with Crippen molar-refractivity contribution >= 4 is 0 Å². The van der Waals surface area contributed by atoms with Crippen LogP contribution in [-0.2, 0) is 4.74 Å². The van der Waals surface area contributed by atoms with Crippen molar-refractivity contribution in [3.8, 4) is 0 Å². The molecule has 1 rings (SSSR count). The van der Waals surface area contributed by atoms with Crippen molar-refractivity contribution < 1.29 is 4.74 Å². The summed E-state index contributed by atoms with van der Waals surface area (Å²) in [6.45, 7) is 11.8. The summed E-state index contributed by atoms with van der Waals surface area (Å²) in [5, 5.41) is 3.48. The van der Waals surface area contributed by atoms with Gasteiger partial charge < -0.3 is 15.0 Å². The fourth-order valence-corrected chi connectivity index (χ4v) is 1.95. The quantitative estimate of drug-likeness (QED) is 0.503. The Labute approximate surface area is 99.8 Å². The van der Waals surface area contributed by atoms with Crippen molar-refractivity contribution in [1.82, 2.24) is 10.2 Å². The van der Waals surface area contributed by atoms with E-state index in [1.165, 1.54) is 18.5 Å². The third kappa shape index (κ3) is 5.64. The van der Waals surface area contributed by atoms with Gasteiger partial charge in [0.05, 0.1) is 13.2 Å². The first-order chi connectivity index (χ1) is 7.86. The second-order valence-electron chi connectivity index (χ2n) is 4.26. The normalized spacial score (nSPS) is 16.6. The predicted octanol–water partition coefficient (Wildman–Crippen LogP) is 1.65. The van der Waals surface area contributed by atoms with Crippen LogP contribution in [0.5, 0.6) is 0 Å². The first-order valence-electron chi connectivity index (χ1n) is 6.55. The average molecular weight is 226 g/mol. The summed E-state index contributed by atoms with van der Waals surface area (Å²) in [4.78, 5) is 2.46. The van der Waals surface area contributed by atoms with Crippen molar-refractivity contribution in [3.63, 3.8) is 0 Å². The molecule has 1 aliphatic heterocycles. The SMILES string of the molecule is CCN(CC)CCCNCC1=CCCOC1. The zero-order valence-corrected chi connectivity index (χ0v) is 10.8. The lowest BCUT2D eigenvalue weighted by atomic mass is 10.2. The molecule has 0 fully saturated rings. The summed E-state index contributed by atoms with van der Waals surface area (Å²) < 4.78 is 5.40. The van der Waals surface area contributed by atoms with E-state index in [1.807, 2.05) is 0 Å². The molecule has 0 aromatic carbocycles. The minimum Gasteiger partial charge on any atom is -0.377 e. The maximum absolute atomic E-state index is 5.40. The molecule has 0 radical (unpaired) electrons. The lowest BCUT2D eigenvalue weighted by molar-refractivity contribution is 0.148. The van der Waals surface area contributed by atoms with Crippen LogP contribution in [0.4, 0.5) is 0 Å². The van der Waals surface area contributed by atoms with E-state index in [0.717, 1.165) is 45.8 Å². The molecule has 1 aliphatic rings. The Morgan fingerprint density at radius 1 is 1.38 bits per heavy atom. The van der Waals surface area contributed by atoms with Crippen molar-refractivity contribution in [2.45, 2.75) is 26.7 Å². The molecule has 0 aliphatic carbocycles. The number of nitrogens with one attached hydrogen (secondary N) is 1. The van der Waals surface area contributed by atoms with E-state index in [9.17, 15) is 0 Å². The largest absolute Gasteiger partial charge is 0.377 e. The van der Waals surface area contributed by atoms with Crippen LogP contribution in [-0.4, -0.2) is 50.8 Å². The third-order valence-electron chi connectivity index (χ3n) is 3.06. The van der Waals surface area contributed by atoms with Gasteiger partial charge in [0.2, 0.25) is 0 Å². The molecule has 0 unspecified atom stereocenters. The van der Waals surface area contributed by atoms with Gasteiger partial charge in [0, 0.05) is 6.54 Å². The predicted molar refractivity (Wildman–Crippen MR) is 68.8 cm³/mol. The Morgan fingerprint density at radius 3 is 2.81 bits per heavy atom. The highest BCUT2D eigenvalue weighted by molar-refractivity contribution is 5.06. The van der Waals surface area contributed by atoms with Crippen LogP contribution >= 0.6 is 0 Å². The van der Waals surface area contributed by atoms with Gasteiger partial charge in [0.25, 0.3) is 0 Å². The Balaban J connectivity index is 1.97. The Kier molecular flexibility index (Phi) is 7.47. The van der Waals surface area contributed by atoms with E-state index < -0.39 is 0 Å². The molecule has 16 heavy (non-hydrogen) atoms. The van der Waals surface area contributed by atoms with Crippen LogP contribution in [0.25, 0.3) is 0 Å². The van der Waals surface area contributed by atoms with E-state index in [-0.39, 0.29) is 0 Å². The van der Waals surface area contributed by atoms with E-state index in [4.69, 9.17) is 4.74 Å². The summed E-state index contributed by atoms with van der Waals surface area (Å²) in [6, 6.07) is 0. The zero-order valence-electron chi connectivity index (χ0n) is 10.8. The molecule has 0 saturated heterocycles. The van der Waals surface area contributed by atoms with Gasteiger partial charge in [-0.3, -0.25) is 0 Å². The van der Waals surface area contributed by atoms with Crippen molar-refractivity contribution in [1.29, 1.82) is 0 Å². The molecule has 1 N–H and O–H groups in total. The highest BCUT2D eigenvalue weighted by atomic mass is 16.5. The number of hydrogen-bond donors (Lipinski definition) is 1. The van der Waals surface area contributed by atoms with Crippen LogP contribution in [0.3, 0.4) is 0 Å². The summed E-state index contributed by atoms with van der Waals surface area (Å²) in [7, 11) is 0. The monoisotopic (exact) mass is 226 g/mol. The van der Waals surface area contributed by atoms with E-state index in [1.54, 1.807) is 0 Å². The molecule has 0 bridgehead atoms. The molecule has 0 spiro atoms. The van der Waals surface area contributed by atoms with Gasteiger partial charge in [-0.05, 0) is 44.6 Å². The smallest absolute Gasteiger partial charge is 0.0689 e. The molecule has 0 aromatic rings. The molecule has 0 atom stereocenters. The first kappa shape index (κ1) is 13.7. The topological polar surface area (TPSA) is 24.5 Å². The van der Waals surface area contributed by atoms with Gasteiger partial charge in [0.15, 0.2) is 0 Å². The summed E-state index contributed by atoms with van der Waals surface area (Å²) in [5.41, 5.74) is 1.41. The Hall–Kier alpha value is -0.380. The number of hydrogen-bond acceptors (Lipinski definition) is 3. The lowest BCUT2D eigenvalue weighted by Gasteiger charge is -2.18. The van der Waals surface area contributed by atoms with Crippen molar-refractivity contribution in [2.24, 2.45) is 0 Å². The highest BCUT2D eigenvalue weighted by Crippen LogP contribution is 2.03. The summed E-state index contributed by atoms with van der Waals surface area (Å²) in [6.07, 6.45) is 4.62. The van der Waals surface area contributed by atoms with Crippen LogP contribution < -0.4 is 5.32 Å². The van der Waals surface area contributed by atoms with Crippen LogP contribution in [0.2, 0.25) is 0 Å². The van der Waals surface area contributed by atoms with E-state index >= 15 is 0 Å². The molecule has 3 heteroatoms. The molecular weight excluding hydrogens is 200 g/mol. The Bertz CT molecular complexity index is 200. The molecule has 0 saturated carbocycles. The summed E-state index contributed by atoms with van der Waals surface area (Å²) >= 11 is 0. The standard InChI is InChI=1S/C13H26N2O/c1-3-15(4-2)9-6-8-14-11-13-7-5-10-16-12-13/h7,14H,3-6,8-12H2,1-2H3. The van der Waals surface area contributed by atoms with Gasteiger partial charge in [-0.25, -0.2) is 0 Å². The molecule has 3 nitrogen and oxygen atoms in total. The minimum absolute atomic E-state index is 0.822. The van der Waals surface area contributed by atoms with Gasteiger partial charge in [-0.15, -0.1) is 0 Å². The number of nitrogens with zero attached hydrogens (tertiary/aromatic N) is 1. The third-order valence-corrected chi connectivity index (χ3v) is 3.06. The maximum atomic E-state index is 5.40. The first-order valence-corrected chi connectivity index (χ1v) is 6.55. The summed E-state index contributed by atoms with van der Waals surface area (Å²) in [5.74, 6) is 0. The molecule has 0 amide bonds. The van der Waals surface area contributed by atoms with Crippen LogP contribution in [0, 0.1) is 0 Å². The van der Waals surface area contributed by atoms with Gasteiger partial charge in [-0.2, -0.15) is 0 Å². The fraction of sp³-hybridized carbons (Fsp3) is 0.846. The molecular formula is C13H26N2O. The highest BCUT2D eigenvalue weighted by Gasteiger charge is 2.03. The van der Waals surface area contributed by atoms with Crippen LogP contribution in [0.15, 0.2) is 11.6 Å². The Morgan fingerprint density at radius 2 is 2.19 bits per heavy atom. The van der Waals surface area contributed by atoms with E-state index in [0.29, 0.717) is 0 Å². The molecule has 94 valence electrons. The molecule has 1 heterocycles. The van der Waals surface area contributed by atoms with Gasteiger partial charge >= 0.3 is 0 Å². The van der Waals surface area contributed by atoms with Gasteiger partial charge in [0.1, 0.15) is 0 Å². The molecule has 0 aromatic heterocycles. The second-order valence-corrected chi connectivity index (χ2v) is 4.26. The fourth-order valence-electron chi connectivity index (χ4n) is 1.95.